The molecule has 0 spiro atoms. The highest BCUT2D eigenvalue weighted by atomic mass is 16.5. The summed E-state index contributed by atoms with van der Waals surface area (Å²) >= 11 is 0. The van der Waals surface area contributed by atoms with E-state index >= 15 is 0 Å². The van der Waals surface area contributed by atoms with Gasteiger partial charge in [-0.1, -0.05) is 5.21 Å². The summed E-state index contributed by atoms with van der Waals surface area (Å²) in [6, 6.07) is 1.73. The Morgan fingerprint density at radius 2 is 2.40 bits per heavy atom. The van der Waals surface area contributed by atoms with Crippen molar-refractivity contribution in [2.24, 2.45) is 0 Å². The molecule has 2 aromatic rings. The fourth-order valence-corrected chi connectivity index (χ4v) is 2.02. The second-order valence-electron chi connectivity index (χ2n) is 4.20. The molecule has 1 unspecified atom stereocenters. The van der Waals surface area contributed by atoms with Gasteiger partial charge in [-0.05, 0) is 0 Å². The second kappa shape index (κ2) is 5.25. The van der Waals surface area contributed by atoms with E-state index in [9.17, 15) is 0 Å². The van der Waals surface area contributed by atoms with Crippen LogP contribution < -0.4 is 15.4 Å². The monoisotopic (exact) mass is 278 g/mol. The first kappa shape index (κ1) is 12.5. The number of ether oxygens (including phenoxy) is 2. The van der Waals surface area contributed by atoms with Crippen LogP contribution in [0.15, 0.2) is 6.07 Å². The van der Waals surface area contributed by atoms with E-state index in [1.807, 2.05) is 4.90 Å². The minimum atomic E-state index is -0.260. The Kier molecular flexibility index (Phi) is 3.29. The number of nitrogens with two attached hydrogens (primary N) is 1. The first-order valence-electron chi connectivity index (χ1n) is 6.04. The number of aromatic nitrogens is 6. The molecular formula is C10H14N8O2. The van der Waals surface area contributed by atoms with Gasteiger partial charge in [0.15, 0.2) is 0 Å². The molecule has 0 amide bonds. The van der Waals surface area contributed by atoms with Crippen molar-refractivity contribution in [3.63, 3.8) is 0 Å². The molecule has 2 aromatic heterocycles. The zero-order chi connectivity index (χ0) is 13.9. The maximum absolute atomic E-state index is 5.67. The van der Waals surface area contributed by atoms with Crippen LogP contribution in [-0.2, 0) is 4.74 Å². The maximum Gasteiger partial charge on any atom is 0.225 e. The number of tetrazole rings is 1. The van der Waals surface area contributed by atoms with Gasteiger partial charge in [0, 0.05) is 12.6 Å². The summed E-state index contributed by atoms with van der Waals surface area (Å²) < 4.78 is 10.7. The zero-order valence-electron chi connectivity index (χ0n) is 10.9. The number of hydrogen-bond donors (Lipinski definition) is 2. The zero-order valence-corrected chi connectivity index (χ0v) is 10.9. The summed E-state index contributed by atoms with van der Waals surface area (Å²) in [6.07, 6.45) is -0.260. The summed E-state index contributed by atoms with van der Waals surface area (Å²) in [5.41, 5.74) is 5.67. The van der Waals surface area contributed by atoms with Gasteiger partial charge in [-0.2, -0.15) is 15.2 Å². The topological polar surface area (TPSA) is 128 Å². The standard InChI is InChI=1S/C10H14N8O2/c1-19-8-4-7(12-10(11)13-8)18-2-3-20-6(5-18)9-14-16-17-15-9/h4,6H,2-3,5H2,1H3,(H2,11,12,13)(H,14,15,16,17). The number of H-pyrrole nitrogens is 1. The molecule has 0 bridgehead atoms. The molecule has 1 aliphatic rings. The van der Waals surface area contributed by atoms with E-state index in [-0.39, 0.29) is 12.1 Å². The molecule has 1 aliphatic heterocycles. The fraction of sp³-hybridized carbons (Fsp3) is 0.500. The molecule has 3 rings (SSSR count). The van der Waals surface area contributed by atoms with Crippen molar-refractivity contribution in [2.75, 3.05) is 37.4 Å². The number of nitrogens with one attached hydrogen (secondary N) is 1. The van der Waals surface area contributed by atoms with Gasteiger partial charge in [0.1, 0.15) is 11.9 Å². The van der Waals surface area contributed by atoms with Crippen LogP contribution in [0.2, 0.25) is 0 Å². The molecular weight excluding hydrogens is 264 g/mol. The highest BCUT2D eigenvalue weighted by molar-refractivity contribution is 5.46. The molecule has 0 saturated carbocycles. The Morgan fingerprint density at radius 1 is 1.50 bits per heavy atom. The lowest BCUT2D eigenvalue weighted by Crippen LogP contribution is -2.39. The molecule has 3 N–H and O–H groups in total. The third kappa shape index (κ3) is 2.45. The number of hydrogen-bond acceptors (Lipinski definition) is 9. The summed E-state index contributed by atoms with van der Waals surface area (Å²) in [5.74, 6) is 1.80. The number of methoxy groups -OCH3 is 1. The number of nitrogen functional groups attached to an aromatic ring is 1. The SMILES string of the molecule is COc1cc(N2CCOC(c3nn[nH]n3)C2)nc(N)n1. The predicted molar refractivity (Wildman–Crippen MR) is 68.1 cm³/mol. The van der Waals surface area contributed by atoms with Gasteiger partial charge in [0.2, 0.25) is 17.7 Å². The van der Waals surface area contributed by atoms with Gasteiger partial charge in [0.25, 0.3) is 0 Å². The van der Waals surface area contributed by atoms with Gasteiger partial charge in [-0.3, -0.25) is 0 Å². The van der Waals surface area contributed by atoms with Crippen molar-refractivity contribution >= 4 is 11.8 Å². The highest BCUT2D eigenvalue weighted by Gasteiger charge is 2.26. The van der Waals surface area contributed by atoms with Crippen molar-refractivity contribution in [2.45, 2.75) is 6.10 Å². The third-order valence-electron chi connectivity index (χ3n) is 2.96. The van der Waals surface area contributed by atoms with E-state index < -0.39 is 0 Å². The van der Waals surface area contributed by atoms with Crippen molar-refractivity contribution in [1.82, 2.24) is 30.6 Å². The Hall–Kier alpha value is -2.49. The smallest absolute Gasteiger partial charge is 0.225 e. The highest BCUT2D eigenvalue weighted by Crippen LogP contribution is 2.24. The van der Waals surface area contributed by atoms with Crippen molar-refractivity contribution < 1.29 is 9.47 Å². The van der Waals surface area contributed by atoms with Crippen LogP contribution in [0, 0.1) is 0 Å². The Morgan fingerprint density at radius 3 is 3.15 bits per heavy atom. The van der Waals surface area contributed by atoms with Crippen molar-refractivity contribution in [3.8, 4) is 5.88 Å². The van der Waals surface area contributed by atoms with E-state index in [0.717, 1.165) is 0 Å². The molecule has 10 nitrogen and oxygen atoms in total. The summed E-state index contributed by atoms with van der Waals surface area (Å²) in [5, 5.41) is 13.8. The first-order chi connectivity index (χ1) is 9.76. The lowest BCUT2D eigenvalue weighted by atomic mass is 10.2. The molecule has 0 radical (unpaired) electrons. The Bertz CT molecular complexity index is 575. The van der Waals surface area contributed by atoms with Gasteiger partial charge >= 0.3 is 0 Å². The van der Waals surface area contributed by atoms with Crippen LogP contribution in [0.3, 0.4) is 0 Å². The summed E-state index contributed by atoms with van der Waals surface area (Å²) in [4.78, 5) is 10.2. The molecule has 20 heavy (non-hydrogen) atoms. The number of rotatable bonds is 3. The summed E-state index contributed by atoms with van der Waals surface area (Å²) in [7, 11) is 1.53. The van der Waals surface area contributed by atoms with Crippen LogP contribution in [0.4, 0.5) is 11.8 Å². The lowest BCUT2D eigenvalue weighted by Gasteiger charge is -2.32. The number of aromatic amines is 1. The molecule has 0 aliphatic carbocycles. The van der Waals surface area contributed by atoms with Gasteiger partial charge in [0.05, 0.1) is 20.3 Å². The summed E-state index contributed by atoms with van der Waals surface area (Å²) in [6.45, 7) is 1.78. The fourth-order valence-electron chi connectivity index (χ4n) is 2.02. The van der Waals surface area contributed by atoms with Gasteiger partial charge in [-0.15, -0.1) is 10.2 Å². The van der Waals surface area contributed by atoms with Crippen LogP contribution in [0.5, 0.6) is 5.88 Å². The van der Waals surface area contributed by atoms with E-state index in [1.165, 1.54) is 7.11 Å². The number of anilines is 2. The minimum Gasteiger partial charge on any atom is -0.481 e. The van der Waals surface area contributed by atoms with Crippen molar-refractivity contribution in [3.05, 3.63) is 11.9 Å². The van der Waals surface area contributed by atoms with Gasteiger partial charge < -0.3 is 20.1 Å². The average molecular weight is 278 g/mol. The molecule has 10 heteroatoms. The van der Waals surface area contributed by atoms with Crippen LogP contribution in [0.1, 0.15) is 11.9 Å². The van der Waals surface area contributed by atoms with Crippen LogP contribution >= 0.6 is 0 Å². The molecule has 0 aromatic carbocycles. The normalized spacial score (nSPS) is 19.1. The predicted octanol–water partition coefficient (Wildman–Crippen LogP) is -0.842. The first-order valence-corrected chi connectivity index (χ1v) is 6.04. The quantitative estimate of drug-likeness (QED) is 0.738. The van der Waals surface area contributed by atoms with Crippen LogP contribution in [0.25, 0.3) is 0 Å². The number of nitrogens with zero attached hydrogens (tertiary/aromatic N) is 6. The van der Waals surface area contributed by atoms with E-state index in [2.05, 4.69) is 30.6 Å². The van der Waals surface area contributed by atoms with Crippen molar-refractivity contribution in [1.29, 1.82) is 0 Å². The van der Waals surface area contributed by atoms with Gasteiger partial charge in [-0.25, -0.2) is 0 Å². The maximum atomic E-state index is 5.67. The molecule has 1 atom stereocenters. The largest absolute Gasteiger partial charge is 0.481 e. The third-order valence-corrected chi connectivity index (χ3v) is 2.96. The average Bonchev–Trinajstić information content (AvgIpc) is 3.01. The second-order valence-corrected chi connectivity index (χ2v) is 4.20. The molecule has 1 fully saturated rings. The van der Waals surface area contributed by atoms with E-state index in [0.29, 0.717) is 37.2 Å². The minimum absolute atomic E-state index is 0.168. The molecule has 106 valence electrons. The molecule has 3 heterocycles. The van der Waals surface area contributed by atoms with E-state index in [1.54, 1.807) is 6.07 Å². The molecule has 1 saturated heterocycles. The Labute approximate surface area is 114 Å². The number of morpholine rings is 1. The lowest BCUT2D eigenvalue weighted by molar-refractivity contribution is 0.0338. The van der Waals surface area contributed by atoms with Crippen LogP contribution in [-0.4, -0.2) is 57.4 Å². The Balaban J connectivity index is 1.81. The van der Waals surface area contributed by atoms with E-state index in [4.69, 9.17) is 15.2 Å².